The number of ether oxygens (including phenoxy) is 3. The quantitative estimate of drug-likeness (QED) is 0.0364. The zero-order valence-electron chi connectivity index (χ0n) is 37.1. The molecule has 0 aromatic heterocycles. The van der Waals surface area contributed by atoms with Gasteiger partial charge in [0.15, 0.2) is 0 Å². The van der Waals surface area contributed by atoms with E-state index in [9.17, 15) is 19.5 Å². The molecule has 0 heterocycles. The number of carbonyl (C=O) groups excluding carboxylic acids is 3. The van der Waals surface area contributed by atoms with Crippen LogP contribution in [-0.2, 0) is 28.6 Å². The first-order chi connectivity index (χ1) is 26.3. The second-order valence-corrected chi connectivity index (χ2v) is 17.5. The van der Waals surface area contributed by atoms with Crippen LogP contribution in [-0.4, -0.2) is 59.5 Å². The van der Waals surface area contributed by atoms with E-state index in [1.165, 1.54) is 122 Å². The first kappa shape index (κ1) is 53.1. The SMILES string of the molecule is CCCCCCCCCCCCC/C=C/[C@@H](O)[C@H](COC(=O)CCC(=O)OC(C)(C)CCOC(C)(C)C)NC(=O)CCCCCCCCCCCCCCC. The lowest BCUT2D eigenvalue weighted by atomic mass is 10.0. The zero-order valence-corrected chi connectivity index (χ0v) is 37.1. The van der Waals surface area contributed by atoms with E-state index in [0.29, 0.717) is 19.4 Å². The number of amides is 1. The highest BCUT2D eigenvalue weighted by atomic mass is 16.6. The van der Waals surface area contributed by atoms with Crippen LogP contribution in [0.2, 0.25) is 0 Å². The number of hydrogen-bond acceptors (Lipinski definition) is 7. The molecule has 0 saturated heterocycles. The van der Waals surface area contributed by atoms with Crippen molar-refractivity contribution in [2.45, 2.75) is 258 Å². The minimum absolute atomic E-state index is 0.111. The van der Waals surface area contributed by atoms with Crippen LogP contribution in [0.1, 0.15) is 235 Å². The molecule has 0 aliphatic carbocycles. The minimum Gasteiger partial charge on any atom is -0.463 e. The maximum atomic E-state index is 12.9. The average molecular weight is 780 g/mol. The molecule has 0 radical (unpaired) electrons. The summed E-state index contributed by atoms with van der Waals surface area (Å²) in [6, 6.07) is -0.763. The number of carbonyl (C=O) groups is 3. The zero-order chi connectivity index (χ0) is 41.0. The van der Waals surface area contributed by atoms with Gasteiger partial charge in [-0.05, 0) is 53.9 Å². The molecule has 1 amide bonds. The number of aliphatic hydroxyl groups excluding tert-OH is 1. The van der Waals surface area contributed by atoms with Crippen molar-refractivity contribution in [3.8, 4) is 0 Å². The smallest absolute Gasteiger partial charge is 0.306 e. The fraction of sp³-hybridized carbons (Fsp3) is 0.894. The molecular weight excluding hydrogens is 691 g/mol. The predicted octanol–water partition coefficient (Wildman–Crippen LogP) is 12.4. The summed E-state index contributed by atoms with van der Waals surface area (Å²) in [7, 11) is 0. The largest absolute Gasteiger partial charge is 0.463 e. The monoisotopic (exact) mass is 780 g/mol. The Hall–Kier alpha value is -1.93. The first-order valence-electron chi connectivity index (χ1n) is 22.9. The molecule has 8 heteroatoms. The van der Waals surface area contributed by atoms with E-state index < -0.39 is 29.7 Å². The van der Waals surface area contributed by atoms with Gasteiger partial charge < -0.3 is 24.6 Å². The van der Waals surface area contributed by atoms with Crippen molar-refractivity contribution in [1.29, 1.82) is 0 Å². The Bertz CT molecular complexity index is 957. The Morgan fingerprint density at radius 3 is 1.51 bits per heavy atom. The van der Waals surface area contributed by atoms with Crippen LogP contribution in [0.3, 0.4) is 0 Å². The number of esters is 2. The fourth-order valence-electron chi connectivity index (χ4n) is 6.58. The van der Waals surface area contributed by atoms with Gasteiger partial charge in [0.1, 0.15) is 12.2 Å². The predicted molar refractivity (Wildman–Crippen MR) is 229 cm³/mol. The van der Waals surface area contributed by atoms with Crippen LogP contribution >= 0.6 is 0 Å². The number of rotatable bonds is 38. The average Bonchev–Trinajstić information content (AvgIpc) is 3.12. The van der Waals surface area contributed by atoms with Crippen LogP contribution < -0.4 is 5.32 Å². The third-order valence-electron chi connectivity index (χ3n) is 10.2. The van der Waals surface area contributed by atoms with E-state index in [1.54, 1.807) is 6.08 Å². The molecule has 2 N–H and O–H groups in total. The Kier molecular flexibility index (Phi) is 34.0. The van der Waals surface area contributed by atoms with E-state index in [4.69, 9.17) is 14.2 Å². The van der Waals surface area contributed by atoms with Crippen molar-refractivity contribution in [3.63, 3.8) is 0 Å². The second kappa shape index (κ2) is 35.2. The standard InChI is InChI=1S/C47H89NO7/c1-8-10-12-14-16-18-20-22-24-26-28-30-32-34-42(49)41(48-43(50)35-33-31-29-27-25-23-21-19-17-15-13-11-9-2)40-53-44(51)36-37-45(52)55-47(6,7)38-39-54-46(3,4)5/h32,34,41-42,49H,8-31,33,35-40H2,1-7H3,(H,48,50)/b34-32+/t41-,42+/m0/s1. The first-order valence-corrected chi connectivity index (χ1v) is 22.9. The van der Waals surface area contributed by atoms with Crippen molar-refractivity contribution in [2.75, 3.05) is 13.2 Å². The van der Waals surface area contributed by atoms with Crippen LogP contribution in [0.25, 0.3) is 0 Å². The summed E-state index contributed by atoms with van der Waals surface area (Å²) in [5.41, 5.74) is -0.998. The van der Waals surface area contributed by atoms with Crippen molar-refractivity contribution < 1.29 is 33.7 Å². The highest BCUT2D eigenvalue weighted by Crippen LogP contribution is 2.19. The molecule has 8 nitrogen and oxygen atoms in total. The fourth-order valence-corrected chi connectivity index (χ4v) is 6.58. The van der Waals surface area contributed by atoms with E-state index in [0.717, 1.165) is 38.5 Å². The van der Waals surface area contributed by atoms with Gasteiger partial charge in [-0.2, -0.15) is 0 Å². The molecule has 0 spiro atoms. The Morgan fingerprint density at radius 1 is 0.600 bits per heavy atom. The van der Waals surface area contributed by atoms with E-state index >= 15 is 0 Å². The van der Waals surface area contributed by atoms with E-state index in [1.807, 2.05) is 40.7 Å². The lowest BCUT2D eigenvalue weighted by Crippen LogP contribution is -2.46. The van der Waals surface area contributed by atoms with Gasteiger partial charge >= 0.3 is 11.9 Å². The molecule has 0 fully saturated rings. The normalized spacial score (nSPS) is 13.2. The summed E-state index contributed by atoms with van der Waals surface area (Å²) < 4.78 is 16.8. The highest BCUT2D eigenvalue weighted by molar-refractivity contribution is 5.78. The van der Waals surface area contributed by atoms with Crippen molar-refractivity contribution >= 4 is 17.8 Å². The second-order valence-electron chi connectivity index (χ2n) is 17.5. The number of hydrogen-bond donors (Lipinski definition) is 2. The third-order valence-corrected chi connectivity index (χ3v) is 10.2. The Morgan fingerprint density at radius 2 is 1.04 bits per heavy atom. The van der Waals surface area contributed by atoms with Crippen LogP contribution in [0.5, 0.6) is 0 Å². The van der Waals surface area contributed by atoms with E-state index in [-0.39, 0.29) is 31.0 Å². The lowest BCUT2D eigenvalue weighted by Gasteiger charge is -2.27. The number of nitrogens with one attached hydrogen (secondary N) is 1. The van der Waals surface area contributed by atoms with Gasteiger partial charge in [0, 0.05) is 12.8 Å². The van der Waals surface area contributed by atoms with Crippen molar-refractivity contribution in [3.05, 3.63) is 12.2 Å². The maximum Gasteiger partial charge on any atom is 0.306 e. The number of aliphatic hydroxyl groups is 1. The molecule has 324 valence electrons. The summed E-state index contributed by atoms with van der Waals surface area (Å²) in [4.78, 5) is 38.1. The van der Waals surface area contributed by atoms with Gasteiger partial charge in [-0.1, -0.05) is 167 Å². The Labute approximate surface area is 339 Å². The molecule has 0 unspecified atom stereocenters. The topological polar surface area (TPSA) is 111 Å². The molecule has 55 heavy (non-hydrogen) atoms. The van der Waals surface area contributed by atoms with Gasteiger partial charge in [0.2, 0.25) is 5.91 Å². The summed E-state index contributed by atoms with van der Waals surface area (Å²) in [6.45, 7) is 14.4. The summed E-state index contributed by atoms with van der Waals surface area (Å²) in [6.07, 6.45) is 34.4. The molecule has 0 rings (SSSR count). The molecule has 0 saturated carbocycles. The van der Waals surface area contributed by atoms with E-state index in [2.05, 4.69) is 19.2 Å². The molecular formula is C47H89NO7. The van der Waals surface area contributed by atoms with Crippen molar-refractivity contribution in [2.24, 2.45) is 0 Å². The van der Waals surface area contributed by atoms with Gasteiger partial charge in [-0.25, -0.2) is 0 Å². The molecule has 0 aromatic carbocycles. The lowest BCUT2D eigenvalue weighted by molar-refractivity contribution is -0.161. The van der Waals surface area contributed by atoms with Crippen LogP contribution in [0.15, 0.2) is 12.2 Å². The molecule has 0 aliphatic rings. The third kappa shape index (κ3) is 37.4. The van der Waals surface area contributed by atoms with Gasteiger partial charge in [0.05, 0.1) is 37.2 Å². The van der Waals surface area contributed by atoms with Crippen LogP contribution in [0, 0.1) is 0 Å². The molecule has 2 atom stereocenters. The summed E-state index contributed by atoms with van der Waals surface area (Å²) in [5.74, 6) is -1.20. The highest BCUT2D eigenvalue weighted by Gasteiger charge is 2.25. The maximum absolute atomic E-state index is 12.9. The molecule has 0 aromatic rings. The van der Waals surface area contributed by atoms with Gasteiger partial charge in [0.25, 0.3) is 0 Å². The van der Waals surface area contributed by atoms with Crippen LogP contribution in [0.4, 0.5) is 0 Å². The number of allylic oxidation sites excluding steroid dienone is 1. The Balaban J connectivity index is 4.70. The minimum atomic E-state index is -0.989. The van der Waals surface area contributed by atoms with Gasteiger partial charge in [-0.3, -0.25) is 14.4 Å². The summed E-state index contributed by atoms with van der Waals surface area (Å²) in [5, 5.41) is 13.9. The van der Waals surface area contributed by atoms with Gasteiger partial charge in [-0.15, -0.1) is 0 Å². The van der Waals surface area contributed by atoms with Crippen molar-refractivity contribution in [1.82, 2.24) is 5.32 Å². The summed E-state index contributed by atoms with van der Waals surface area (Å²) >= 11 is 0. The molecule has 0 aliphatic heterocycles. The molecule has 0 bridgehead atoms. The number of unbranched alkanes of at least 4 members (excludes halogenated alkanes) is 23.